The number of imidazole rings is 1. The van der Waals surface area contributed by atoms with Crippen LogP contribution in [-0.2, 0) is 11.3 Å². The van der Waals surface area contributed by atoms with Crippen molar-refractivity contribution >= 4 is 17.6 Å². The van der Waals surface area contributed by atoms with Gasteiger partial charge in [-0.25, -0.2) is 18.6 Å². The lowest BCUT2D eigenvalue weighted by molar-refractivity contribution is 0.0827. The Hall–Kier alpha value is -3.69. The molecule has 0 saturated carbocycles. The first-order chi connectivity index (χ1) is 16.8. The van der Waals surface area contributed by atoms with E-state index in [1.807, 2.05) is 34.6 Å². The molecule has 2 aromatic heterocycles. The molecular formula is C26H32F2N4O4. The Kier molecular flexibility index (Phi) is 7.86. The second kappa shape index (κ2) is 10.5. The third-order valence-corrected chi connectivity index (χ3v) is 5.24. The Labute approximate surface area is 209 Å². The lowest BCUT2D eigenvalue weighted by atomic mass is 9.95. The van der Waals surface area contributed by atoms with E-state index in [0.29, 0.717) is 17.0 Å². The van der Waals surface area contributed by atoms with Gasteiger partial charge >= 0.3 is 6.09 Å². The van der Waals surface area contributed by atoms with E-state index < -0.39 is 28.7 Å². The lowest BCUT2D eigenvalue weighted by Crippen LogP contribution is -2.43. The van der Waals surface area contributed by atoms with Gasteiger partial charge in [-0.3, -0.25) is 9.20 Å². The van der Waals surface area contributed by atoms with E-state index in [-0.39, 0.29) is 37.0 Å². The van der Waals surface area contributed by atoms with Gasteiger partial charge in [-0.15, -0.1) is 0 Å². The maximum absolute atomic E-state index is 14.0. The number of aromatic nitrogens is 2. The zero-order valence-electron chi connectivity index (χ0n) is 21.4. The molecule has 3 aromatic rings. The smallest absolute Gasteiger partial charge is 0.407 e. The first-order valence-corrected chi connectivity index (χ1v) is 11.5. The van der Waals surface area contributed by atoms with Gasteiger partial charge in [-0.1, -0.05) is 19.9 Å². The van der Waals surface area contributed by atoms with Crippen molar-refractivity contribution in [2.75, 3.05) is 13.2 Å². The number of nitrogens with one attached hydrogen (secondary N) is 2. The first kappa shape index (κ1) is 26.9. The SMILES string of the molecule is Cc1nc2c(OCc3c(F)cccc3F)cccn2c1C(=O)NCC(C)(C)COC(=O)NC(C)(C)C. The van der Waals surface area contributed by atoms with E-state index in [0.717, 1.165) is 12.1 Å². The largest absolute Gasteiger partial charge is 0.485 e. The summed E-state index contributed by atoms with van der Waals surface area (Å²) in [6.07, 6.45) is 1.13. The fraction of sp³-hybridized carbons (Fsp3) is 0.423. The minimum atomic E-state index is -0.705. The van der Waals surface area contributed by atoms with Crippen molar-refractivity contribution < 1.29 is 27.8 Å². The molecular weight excluding hydrogens is 470 g/mol. The monoisotopic (exact) mass is 502 g/mol. The molecule has 1 aromatic carbocycles. The number of pyridine rings is 1. The van der Waals surface area contributed by atoms with Crippen LogP contribution in [0.4, 0.5) is 13.6 Å². The fourth-order valence-corrected chi connectivity index (χ4v) is 3.42. The summed E-state index contributed by atoms with van der Waals surface area (Å²) in [5.41, 5.74) is -0.0342. The molecule has 0 aliphatic heterocycles. The number of rotatable bonds is 8. The van der Waals surface area contributed by atoms with Gasteiger partial charge in [0, 0.05) is 23.7 Å². The van der Waals surface area contributed by atoms with Crippen LogP contribution in [0.3, 0.4) is 0 Å². The van der Waals surface area contributed by atoms with Crippen LogP contribution >= 0.6 is 0 Å². The number of carbonyl (C=O) groups is 2. The molecule has 3 rings (SSSR count). The predicted molar refractivity (Wildman–Crippen MR) is 131 cm³/mol. The Balaban J connectivity index is 1.69. The van der Waals surface area contributed by atoms with Crippen LogP contribution in [-0.4, -0.2) is 40.1 Å². The molecule has 0 unspecified atom stereocenters. The Morgan fingerprint density at radius 3 is 2.36 bits per heavy atom. The number of halogens is 2. The summed E-state index contributed by atoms with van der Waals surface area (Å²) in [4.78, 5) is 29.5. The second-order valence-electron chi connectivity index (χ2n) is 10.4. The van der Waals surface area contributed by atoms with E-state index in [4.69, 9.17) is 9.47 Å². The number of fused-ring (bicyclic) bond motifs is 1. The topological polar surface area (TPSA) is 94.0 Å². The average molecular weight is 503 g/mol. The minimum Gasteiger partial charge on any atom is -0.485 e. The number of alkyl carbamates (subject to hydrolysis) is 1. The third kappa shape index (κ3) is 6.71. The fourth-order valence-electron chi connectivity index (χ4n) is 3.42. The molecule has 0 bridgehead atoms. The number of hydrogen-bond donors (Lipinski definition) is 2. The first-order valence-electron chi connectivity index (χ1n) is 11.5. The van der Waals surface area contributed by atoms with Crippen LogP contribution in [0.5, 0.6) is 5.75 Å². The van der Waals surface area contributed by atoms with Gasteiger partial charge in [-0.2, -0.15) is 0 Å². The third-order valence-electron chi connectivity index (χ3n) is 5.24. The number of amides is 2. The van der Waals surface area contributed by atoms with Crippen molar-refractivity contribution in [2.45, 2.75) is 53.7 Å². The number of benzene rings is 1. The van der Waals surface area contributed by atoms with Gasteiger partial charge in [0.15, 0.2) is 11.4 Å². The Morgan fingerprint density at radius 1 is 1.06 bits per heavy atom. The average Bonchev–Trinajstić information content (AvgIpc) is 3.11. The van der Waals surface area contributed by atoms with Crippen molar-refractivity contribution in [3.63, 3.8) is 0 Å². The number of nitrogens with zero attached hydrogens (tertiary/aromatic N) is 2. The zero-order valence-corrected chi connectivity index (χ0v) is 21.4. The molecule has 0 aliphatic rings. The molecule has 8 nitrogen and oxygen atoms in total. The number of ether oxygens (including phenoxy) is 2. The van der Waals surface area contributed by atoms with Crippen LogP contribution in [0.1, 0.15) is 56.4 Å². The molecule has 0 atom stereocenters. The molecule has 2 N–H and O–H groups in total. The number of aryl methyl sites for hydroxylation is 1. The van der Waals surface area contributed by atoms with Crippen LogP contribution in [0, 0.1) is 24.0 Å². The molecule has 194 valence electrons. The Morgan fingerprint density at radius 2 is 1.72 bits per heavy atom. The van der Waals surface area contributed by atoms with Gasteiger partial charge in [0.05, 0.1) is 17.9 Å². The number of hydrogen-bond acceptors (Lipinski definition) is 5. The molecule has 0 radical (unpaired) electrons. The summed E-state index contributed by atoms with van der Waals surface area (Å²) >= 11 is 0. The number of carbonyl (C=O) groups excluding carboxylic acids is 2. The van der Waals surface area contributed by atoms with Crippen LogP contribution < -0.4 is 15.4 Å². The van der Waals surface area contributed by atoms with E-state index >= 15 is 0 Å². The summed E-state index contributed by atoms with van der Waals surface area (Å²) in [5.74, 6) is -1.50. The van der Waals surface area contributed by atoms with Crippen LogP contribution in [0.15, 0.2) is 36.5 Å². The van der Waals surface area contributed by atoms with E-state index in [1.165, 1.54) is 6.07 Å². The molecule has 36 heavy (non-hydrogen) atoms. The van der Waals surface area contributed by atoms with Gasteiger partial charge in [-0.05, 0) is 52.0 Å². The predicted octanol–water partition coefficient (Wildman–Crippen LogP) is 4.78. The molecule has 2 amide bonds. The van der Waals surface area contributed by atoms with Crippen molar-refractivity contribution in [1.82, 2.24) is 20.0 Å². The van der Waals surface area contributed by atoms with E-state index in [2.05, 4.69) is 15.6 Å². The highest BCUT2D eigenvalue weighted by Crippen LogP contribution is 2.24. The van der Waals surface area contributed by atoms with E-state index in [1.54, 1.807) is 29.7 Å². The highest BCUT2D eigenvalue weighted by atomic mass is 19.1. The summed E-state index contributed by atoms with van der Waals surface area (Å²) in [7, 11) is 0. The van der Waals surface area contributed by atoms with E-state index in [9.17, 15) is 18.4 Å². The maximum Gasteiger partial charge on any atom is 0.407 e. The van der Waals surface area contributed by atoms with Crippen molar-refractivity contribution in [3.8, 4) is 5.75 Å². The van der Waals surface area contributed by atoms with Gasteiger partial charge < -0.3 is 20.1 Å². The summed E-state index contributed by atoms with van der Waals surface area (Å²) < 4.78 is 40.5. The molecule has 2 heterocycles. The van der Waals surface area contributed by atoms with Gasteiger partial charge in [0.2, 0.25) is 0 Å². The van der Waals surface area contributed by atoms with Crippen LogP contribution in [0.2, 0.25) is 0 Å². The summed E-state index contributed by atoms with van der Waals surface area (Å²) in [5, 5.41) is 5.60. The highest BCUT2D eigenvalue weighted by molar-refractivity contribution is 5.95. The van der Waals surface area contributed by atoms with Crippen molar-refractivity contribution in [3.05, 3.63) is 65.1 Å². The normalized spacial score (nSPS) is 11.9. The molecule has 0 fully saturated rings. The molecule has 0 aliphatic carbocycles. The molecule has 0 saturated heterocycles. The zero-order chi connectivity index (χ0) is 26.7. The standard InChI is InChI=1S/C26H32F2N4O4/c1-16-21(23(33)29-14-26(5,6)15-36-24(34)31-25(2,3)4)32-12-8-11-20(22(32)30-16)35-13-17-18(27)9-7-10-19(17)28/h7-12H,13-15H2,1-6H3,(H,29,33)(H,31,34). The maximum atomic E-state index is 14.0. The minimum absolute atomic E-state index is 0.103. The van der Waals surface area contributed by atoms with Gasteiger partial charge in [0.1, 0.15) is 23.9 Å². The van der Waals surface area contributed by atoms with Crippen molar-refractivity contribution in [2.24, 2.45) is 5.41 Å². The molecule has 10 heteroatoms. The second-order valence-corrected chi connectivity index (χ2v) is 10.4. The van der Waals surface area contributed by atoms with Crippen molar-refractivity contribution in [1.29, 1.82) is 0 Å². The summed E-state index contributed by atoms with van der Waals surface area (Å²) in [6.45, 7) is 11.0. The van der Waals surface area contributed by atoms with Gasteiger partial charge in [0.25, 0.3) is 5.91 Å². The summed E-state index contributed by atoms with van der Waals surface area (Å²) in [6, 6.07) is 6.88. The quantitative estimate of drug-likeness (QED) is 0.462. The molecule has 0 spiro atoms. The highest BCUT2D eigenvalue weighted by Gasteiger charge is 2.25. The van der Waals surface area contributed by atoms with Crippen LogP contribution in [0.25, 0.3) is 5.65 Å². The Bertz CT molecular complexity index is 1240. The lowest BCUT2D eigenvalue weighted by Gasteiger charge is -2.26.